The molecule has 1 fully saturated rings. The number of hydrogen-bond donors (Lipinski definition) is 1. The summed E-state index contributed by atoms with van der Waals surface area (Å²) >= 11 is 6.71. The minimum atomic E-state index is 0.181. The van der Waals surface area contributed by atoms with Crippen molar-refractivity contribution < 1.29 is 0 Å². The first-order chi connectivity index (χ1) is 12.0. The predicted octanol–water partition coefficient (Wildman–Crippen LogP) is 4.11. The maximum Gasteiger partial charge on any atom is 0.227 e. The lowest BCUT2D eigenvalue weighted by atomic mass is 10.1. The van der Waals surface area contributed by atoms with Crippen LogP contribution in [0.25, 0.3) is 11.0 Å². The molecule has 1 aliphatic rings. The summed E-state index contributed by atoms with van der Waals surface area (Å²) in [6.45, 7) is 8.16. The molecule has 3 aromatic heterocycles. The Kier molecular flexibility index (Phi) is 4.15. The van der Waals surface area contributed by atoms with Gasteiger partial charge in [0, 0.05) is 36.4 Å². The molecule has 1 N–H and O–H groups in total. The Hall–Kier alpha value is -2.08. The summed E-state index contributed by atoms with van der Waals surface area (Å²) in [5.41, 5.74) is 2.99. The molecule has 0 saturated carbocycles. The van der Waals surface area contributed by atoms with Gasteiger partial charge in [-0.2, -0.15) is 10.1 Å². The van der Waals surface area contributed by atoms with Crippen molar-refractivity contribution in [2.45, 2.75) is 46.2 Å². The average molecular weight is 359 g/mol. The number of nitrogens with zero attached hydrogens (tertiary/aromatic N) is 5. The molecule has 0 radical (unpaired) electrons. The van der Waals surface area contributed by atoms with E-state index in [0.29, 0.717) is 5.92 Å². The fourth-order valence-electron chi connectivity index (χ4n) is 3.69. The van der Waals surface area contributed by atoms with Gasteiger partial charge in [0.1, 0.15) is 10.8 Å². The van der Waals surface area contributed by atoms with E-state index in [0.717, 1.165) is 59.3 Å². The van der Waals surface area contributed by atoms with Crippen LogP contribution in [0.2, 0.25) is 5.15 Å². The Bertz CT molecular complexity index is 896. The summed E-state index contributed by atoms with van der Waals surface area (Å²) in [6, 6.07) is 2.16. The van der Waals surface area contributed by atoms with Gasteiger partial charge in [-0.15, -0.1) is 0 Å². The number of halogens is 1. The maximum atomic E-state index is 6.71. The van der Waals surface area contributed by atoms with Crippen LogP contribution in [0.5, 0.6) is 0 Å². The number of aromatic amines is 1. The average Bonchev–Trinajstić information content (AvgIpc) is 3.26. The van der Waals surface area contributed by atoms with Crippen molar-refractivity contribution in [2.75, 3.05) is 11.4 Å². The molecule has 4 rings (SSSR count). The Balaban J connectivity index is 1.71. The SMILES string of the molecule is Cc1nn(CC(C)C)c(Cl)c1C1CCCN1c1ncc2cc[nH]c2n1. The maximum absolute atomic E-state index is 6.71. The summed E-state index contributed by atoms with van der Waals surface area (Å²) < 4.78 is 1.93. The molecule has 0 amide bonds. The van der Waals surface area contributed by atoms with Gasteiger partial charge in [0.05, 0.1) is 11.7 Å². The Morgan fingerprint density at radius 1 is 1.40 bits per heavy atom. The smallest absolute Gasteiger partial charge is 0.227 e. The second-order valence-electron chi connectivity index (χ2n) is 7.17. The molecule has 7 heteroatoms. The molecule has 0 bridgehead atoms. The van der Waals surface area contributed by atoms with E-state index >= 15 is 0 Å². The standard InChI is InChI=1S/C18H23ClN6/c1-11(2)10-25-16(19)15(12(3)23-25)14-5-4-8-24(14)18-21-9-13-6-7-20-17(13)22-18/h6-7,9,11,14H,4-5,8,10H2,1-3H3,(H,20,21,22). The highest BCUT2D eigenvalue weighted by Gasteiger charge is 2.33. The minimum absolute atomic E-state index is 0.181. The van der Waals surface area contributed by atoms with Crippen molar-refractivity contribution in [3.05, 3.63) is 34.9 Å². The second-order valence-corrected chi connectivity index (χ2v) is 7.53. The van der Waals surface area contributed by atoms with Crippen LogP contribution in [-0.4, -0.2) is 31.3 Å². The van der Waals surface area contributed by atoms with E-state index in [1.807, 2.05) is 30.1 Å². The highest BCUT2D eigenvalue weighted by Crippen LogP contribution is 2.39. The summed E-state index contributed by atoms with van der Waals surface area (Å²) in [5.74, 6) is 1.26. The zero-order valence-corrected chi connectivity index (χ0v) is 15.6. The highest BCUT2D eigenvalue weighted by atomic mass is 35.5. The molecule has 4 heterocycles. The number of hydrogen-bond acceptors (Lipinski definition) is 4. The van der Waals surface area contributed by atoms with Gasteiger partial charge in [0.15, 0.2) is 0 Å². The van der Waals surface area contributed by atoms with Gasteiger partial charge in [-0.05, 0) is 31.7 Å². The van der Waals surface area contributed by atoms with Crippen LogP contribution < -0.4 is 4.90 Å². The predicted molar refractivity (Wildman–Crippen MR) is 100 cm³/mol. The third-order valence-corrected chi connectivity index (χ3v) is 5.18. The van der Waals surface area contributed by atoms with Gasteiger partial charge in [-0.25, -0.2) is 4.98 Å². The lowest BCUT2D eigenvalue weighted by molar-refractivity contribution is 0.481. The molecule has 1 atom stereocenters. The minimum Gasteiger partial charge on any atom is -0.346 e. The number of aryl methyl sites for hydroxylation is 1. The van der Waals surface area contributed by atoms with Crippen LogP contribution in [-0.2, 0) is 6.54 Å². The van der Waals surface area contributed by atoms with E-state index in [-0.39, 0.29) is 6.04 Å². The number of H-pyrrole nitrogens is 1. The van der Waals surface area contributed by atoms with Crippen LogP contribution in [0.3, 0.4) is 0 Å². The molecule has 1 aliphatic heterocycles. The van der Waals surface area contributed by atoms with Crippen LogP contribution in [0.4, 0.5) is 5.95 Å². The zero-order valence-electron chi connectivity index (χ0n) is 14.8. The topological polar surface area (TPSA) is 62.6 Å². The Morgan fingerprint density at radius 3 is 3.04 bits per heavy atom. The fraction of sp³-hybridized carbons (Fsp3) is 0.500. The largest absolute Gasteiger partial charge is 0.346 e. The quantitative estimate of drug-likeness (QED) is 0.762. The van der Waals surface area contributed by atoms with Crippen molar-refractivity contribution in [2.24, 2.45) is 5.92 Å². The summed E-state index contributed by atoms with van der Waals surface area (Å²) in [5, 5.41) is 6.46. The lowest BCUT2D eigenvalue weighted by Gasteiger charge is -2.24. The lowest BCUT2D eigenvalue weighted by Crippen LogP contribution is -2.25. The van der Waals surface area contributed by atoms with Gasteiger partial charge in [0.25, 0.3) is 0 Å². The van der Waals surface area contributed by atoms with Crippen molar-refractivity contribution in [1.29, 1.82) is 0 Å². The van der Waals surface area contributed by atoms with E-state index in [4.69, 9.17) is 16.6 Å². The summed E-state index contributed by atoms with van der Waals surface area (Å²) in [4.78, 5) is 14.7. The third-order valence-electron chi connectivity index (χ3n) is 4.78. The van der Waals surface area contributed by atoms with Crippen LogP contribution >= 0.6 is 11.6 Å². The van der Waals surface area contributed by atoms with Gasteiger partial charge in [0.2, 0.25) is 5.95 Å². The van der Waals surface area contributed by atoms with E-state index in [2.05, 4.69) is 33.8 Å². The van der Waals surface area contributed by atoms with E-state index in [1.165, 1.54) is 0 Å². The Morgan fingerprint density at radius 2 is 2.24 bits per heavy atom. The molecule has 132 valence electrons. The molecule has 6 nitrogen and oxygen atoms in total. The molecule has 1 unspecified atom stereocenters. The third kappa shape index (κ3) is 2.88. The number of nitrogens with one attached hydrogen (secondary N) is 1. The van der Waals surface area contributed by atoms with Gasteiger partial charge in [-0.3, -0.25) is 4.68 Å². The number of rotatable bonds is 4. The number of anilines is 1. The molecule has 25 heavy (non-hydrogen) atoms. The van der Waals surface area contributed by atoms with E-state index < -0.39 is 0 Å². The van der Waals surface area contributed by atoms with Crippen LogP contribution in [0.15, 0.2) is 18.5 Å². The molecular weight excluding hydrogens is 336 g/mol. The first kappa shape index (κ1) is 16.4. The first-order valence-corrected chi connectivity index (χ1v) is 9.22. The van der Waals surface area contributed by atoms with Crippen LogP contribution in [0, 0.1) is 12.8 Å². The van der Waals surface area contributed by atoms with Gasteiger partial charge < -0.3 is 9.88 Å². The number of fused-ring (bicyclic) bond motifs is 1. The normalized spacial score (nSPS) is 18.0. The van der Waals surface area contributed by atoms with Crippen molar-refractivity contribution in [1.82, 2.24) is 24.7 Å². The van der Waals surface area contributed by atoms with E-state index in [1.54, 1.807) is 0 Å². The second kappa shape index (κ2) is 6.33. The van der Waals surface area contributed by atoms with E-state index in [9.17, 15) is 0 Å². The van der Waals surface area contributed by atoms with Gasteiger partial charge in [-0.1, -0.05) is 25.4 Å². The first-order valence-electron chi connectivity index (χ1n) is 8.84. The monoisotopic (exact) mass is 358 g/mol. The van der Waals surface area contributed by atoms with Crippen LogP contribution in [0.1, 0.15) is 44.0 Å². The molecule has 0 spiro atoms. The Labute approximate surface area is 152 Å². The molecular formula is C18H23ClN6. The number of aromatic nitrogens is 5. The molecule has 1 saturated heterocycles. The van der Waals surface area contributed by atoms with Gasteiger partial charge >= 0.3 is 0 Å². The van der Waals surface area contributed by atoms with Crippen molar-refractivity contribution >= 4 is 28.6 Å². The zero-order chi connectivity index (χ0) is 17.6. The molecule has 0 aromatic carbocycles. The summed E-state index contributed by atoms with van der Waals surface area (Å²) in [6.07, 6.45) is 5.91. The van der Waals surface area contributed by atoms with Crippen molar-refractivity contribution in [3.8, 4) is 0 Å². The van der Waals surface area contributed by atoms with Crippen molar-refractivity contribution in [3.63, 3.8) is 0 Å². The molecule has 0 aliphatic carbocycles. The molecule has 3 aromatic rings. The highest BCUT2D eigenvalue weighted by molar-refractivity contribution is 6.30. The fourth-order valence-corrected chi connectivity index (χ4v) is 4.06. The summed E-state index contributed by atoms with van der Waals surface area (Å²) in [7, 11) is 0.